The van der Waals surface area contributed by atoms with Crippen LogP contribution in [0.1, 0.15) is 5.56 Å². The zero-order valence-corrected chi connectivity index (χ0v) is 8.57. The molecule has 0 atom stereocenters. The molecule has 0 aromatic heterocycles. The molecule has 0 aliphatic carbocycles. The van der Waals surface area contributed by atoms with Crippen molar-refractivity contribution < 1.29 is 19.0 Å². The molecule has 1 heterocycles. The van der Waals surface area contributed by atoms with Gasteiger partial charge in [-0.05, 0) is 6.08 Å². The maximum absolute atomic E-state index is 13.3. The van der Waals surface area contributed by atoms with Gasteiger partial charge in [-0.1, -0.05) is 6.08 Å². The number of nitrogens with two attached hydrogens (primary N) is 1. The number of hydrogen-bond donors (Lipinski definition) is 2. The van der Waals surface area contributed by atoms with Crippen LogP contribution in [0.15, 0.2) is 12.1 Å². The highest BCUT2D eigenvalue weighted by atomic mass is 19.1. The van der Waals surface area contributed by atoms with Gasteiger partial charge in [-0.3, -0.25) is 0 Å². The summed E-state index contributed by atoms with van der Waals surface area (Å²) in [6, 6.07) is 1.11. The SMILES string of the molecule is NC/C=C/c1c(O)c(F)cc2c1OCCO2. The average Bonchev–Trinajstić information content (AvgIpc) is 2.30. The fourth-order valence-electron chi connectivity index (χ4n) is 1.51. The predicted molar refractivity (Wildman–Crippen MR) is 57.1 cm³/mol. The lowest BCUT2D eigenvalue weighted by Crippen LogP contribution is -2.16. The fraction of sp³-hybridized carbons (Fsp3) is 0.273. The van der Waals surface area contributed by atoms with E-state index in [0.29, 0.717) is 31.3 Å². The Labute approximate surface area is 92.1 Å². The maximum Gasteiger partial charge on any atom is 0.172 e. The molecule has 0 amide bonds. The van der Waals surface area contributed by atoms with Gasteiger partial charge in [0.25, 0.3) is 0 Å². The summed E-state index contributed by atoms with van der Waals surface area (Å²) in [7, 11) is 0. The van der Waals surface area contributed by atoms with Crippen molar-refractivity contribution in [3.05, 3.63) is 23.5 Å². The van der Waals surface area contributed by atoms with Crippen molar-refractivity contribution in [3.8, 4) is 17.2 Å². The minimum absolute atomic E-state index is 0.264. The third-order valence-electron chi connectivity index (χ3n) is 2.22. The van der Waals surface area contributed by atoms with E-state index in [1.54, 1.807) is 6.08 Å². The highest BCUT2D eigenvalue weighted by molar-refractivity contribution is 5.69. The van der Waals surface area contributed by atoms with E-state index in [1.807, 2.05) is 0 Å². The van der Waals surface area contributed by atoms with Gasteiger partial charge in [0.15, 0.2) is 23.1 Å². The number of aromatic hydroxyl groups is 1. The van der Waals surface area contributed by atoms with E-state index >= 15 is 0 Å². The lowest BCUT2D eigenvalue weighted by Gasteiger charge is -2.20. The van der Waals surface area contributed by atoms with Crippen molar-refractivity contribution in [2.24, 2.45) is 5.73 Å². The number of hydrogen-bond acceptors (Lipinski definition) is 4. The highest BCUT2D eigenvalue weighted by Crippen LogP contribution is 2.41. The largest absolute Gasteiger partial charge is 0.504 e. The zero-order valence-electron chi connectivity index (χ0n) is 8.57. The van der Waals surface area contributed by atoms with E-state index in [4.69, 9.17) is 15.2 Å². The summed E-state index contributed by atoms with van der Waals surface area (Å²) >= 11 is 0. The Morgan fingerprint density at radius 2 is 2.19 bits per heavy atom. The van der Waals surface area contributed by atoms with Gasteiger partial charge in [-0.15, -0.1) is 0 Å². The molecule has 0 bridgehead atoms. The number of rotatable bonds is 2. The Bertz CT molecular complexity index is 432. The summed E-state index contributed by atoms with van der Waals surface area (Å²) in [4.78, 5) is 0. The van der Waals surface area contributed by atoms with Crippen LogP contribution >= 0.6 is 0 Å². The van der Waals surface area contributed by atoms with Gasteiger partial charge in [0.05, 0.1) is 5.56 Å². The number of phenolic OH excluding ortho intramolecular Hbond substituents is 1. The van der Waals surface area contributed by atoms with Crippen molar-refractivity contribution in [3.63, 3.8) is 0 Å². The van der Waals surface area contributed by atoms with E-state index < -0.39 is 11.6 Å². The first kappa shape index (κ1) is 10.8. The molecule has 2 rings (SSSR count). The molecule has 5 heteroatoms. The molecule has 0 spiro atoms. The van der Waals surface area contributed by atoms with Crippen LogP contribution in [-0.2, 0) is 0 Å². The second-order valence-electron chi connectivity index (χ2n) is 3.28. The van der Waals surface area contributed by atoms with E-state index in [0.717, 1.165) is 6.07 Å². The molecule has 0 saturated heterocycles. The Morgan fingerprint density at radius 1 is 1.44 bits per heavy atom. The van der Waals surface area contributed by atoms with Crippen molar-refractivity contribution in [1.29, 1.82) is 0 Å². The molecule has 4 nitrogen and oxygen atoms in total. The van der Waals surface area contributed by atoms with Gasteiger partial charge in [0.2, 0.25) is 0 Å². The second kappa shape index (κ2) is 4.40. The van der Waals surface area contributed by atoms with Crippen LogP contribution in [0.4, 0.5) is 4.39 Å². The molecule has 1 aromatic rings. The summed E-state index contributed by atoms with van der Waals surface area (Å²) in [6.07, 6.45) is 3.12. The summed E-state index contributed by atoms with van der Waals surface area (Å²) in [6.45, 7) is 1.05. The summed E-state index contributed by atoms with van der Waals surface area (Å²) in [5, 5.41) is 9.58. The Balaban J connectivity index is 2.54. The number of ether oxygens (including phenoxy) is 2. The van der Waals surface area contributed by atoms with E-state index in [-0.39, 0.29) is 5.56 Å². The highest BCUT2D eigenvalue weighted by Gasteiger charge is 2.21. The zero-order chi connectivity index (χ0) is 11.5. The van der Waals surface area contributed by atoms with Crippen LogP contribution < -0.4 is 15.2 Å². The van der Waals surface area contributed by atoms with Crippen molar-refractivity contribution in [2.75, 3.05) is 19.8 Å². The molecule has 1 aliphatic heterocycles. The lowest BCUT2D eigenvalue weighted by atomic mass is 10.1. The van der Waals surface area contributed by atoms with Crippen molar-refractivity contribution in [1.82, 2.24) is 0 Å². The number of halogens is 1. The topological polar surface area (TPSA) is 64.7 Å². The van der Waals surface area contributed by atoms with Gasteiger partial charge in [-0.2, -0.15) is 0 Å². The third-order valence-corrected chi connectivity index (χ3v) is 2.22. The van der Waals surface area contributed by atoms with E-state index in [2.05, 4.69) is 0 Å². The third kappa shape index (κ3) is 1.81. The van der Waals surface area contributed by atoms with Gasteiger partial charge >= 0.3 is 0 Å². The number of phenols is 1. The van der Waals surface area contributed by atoms with Gasteiger partial charge in [0, 0.05) is 12.6 Å². The van der Waals surface area contributed by atoms with Crippen LogP contribution in [0.25, 0.3) is 6.08 Å². The lowest BCUT2D eigenvalue weighted by molar-refractivity contribution is 0.169. The Kier molecular flexibility index (Phi) is 2.96. The van der Waals surface area contributed by atoms with Crippen LogP contribution in [0.3, 0.4) is 0 Å². The molecule has 0 fully saturated rings. The summed E-state index contributed by atoms with van der Waals surface area (Å²) < 4.78 is 23.9. The molecule has 16 heavy (non-hydrogen) atoms. The van der Waals surface area contributed by atoms with Gasteiger partial charge in [0.1, 0.15) is 13.2 Å². The quantitative estimate of drug-likeness (QED) is 0.795. The van der Waals surface area contributed by atoms with E-state index in [1.165, 1.54) is 6.08 Å². The first-order chi connectivity index (χ1) is 7.74. The van der Waals surface area contributed by atoms with Crippen LogP contribution in [0, 0.1) is 5.82 Å². The summed E-state index contributed by atoms with van der Waals surface area (Å²) in [5.41, 5.74) is 5.57. The molecule has 3 N–H and O–H groups in total. The molecule has 1 aliphatic rings. The minimum Gasteiger partial charge on any atom is -0.504 e. The van der Waals surface area contributed by atoms with E-state index in [9.17, 15) is 9.50 Å². The maximum atomic E-state index is 13.3. The smallest absolute Gasteiger partial charge is 0.172 e. The molecule has 86 valence electrons. The number of benzene rings is 1. The first-order valence-corrected chi connectivity index (χ1v) is 4.91. The molecule has 1 aromatic carbocycles. The summed E-state index contributed by atoms with van der Waals surface area (Å²) in [5.74, 6) is -0.525. The second-order valence-corrected chi connectivity index (χ2v) is 3.28. The fourth-order valence-corrected chi connectivity index (χ4v) is 1.51. The molecule has 0 unspecified atom stereocenters. The van der Waals surface area contributed by atoms with Gasteiger partial charge < -0.3 is 20.3 Å². The number of fused-ring (bicyclic) bond motifs is 1. The normalized spacial score (nSPS) is 14.4. The molecular formula is C11H12FNO3. The van der Waals surface area contributed by atoms with Crippen molar-refractivity contribution in [2.45, 2.75) is 0 Å². The Hall–Kier alpha value is -1.75. The average molecular weight is 225 g/mol. The first-order valence-electron chi connectivity index (χ1n) is 4.91. The Morgan fingerprint density at radius 3 is 2.94 bits per heavy atom. The monoisotopic (exact) mass is 225 g/mol. The van der Waals surface area contributed by atoms with Crippen LogP contribution in [0.5, 0.6) is 17.2 Å². The predicted octanol–water partition coefficient (Wildman–Crippen LogP) is 1.27. The molecular weight excluding hydrogens is 213 g/mol. The molecule has 0 radical (unpaired) electrons. The van der Waals surface area contributed by atoms with Crippen LogP contribution in [-0.4, -0.2) is 24.9 Å². The van der Waals surface area contributed by atoms with Crippen molar-refractivity contribution >= 4 is 6.08 Å². The standard InChI is InChI=1S/C11H12FNO3/c12-8-6-9-11(16-5-4-15-9)7(10(8)14)2-1-3-13/h1-2,6,14H,3-5,13H2/b2-1+. The minimum atomic E-state index is -0.735. The van der Waals surface area contributed by atoms with Gasteiger partial charge in [-0.25, -0.2) is 4.39 Å². The van der Waals surface area contributed by atoms with Crippen LogP contribution in [0.2, 0.25) is 0 Å². The molecule has 0 saturated carbocycles.